The van der Waals surface area contributed by atoms with Crippen LogP contribution < -0.4 is 9.64 Å². The summed E-state index contributed by atoms with van der Waals surface area (Å²) >= 11 is 0. The van der Waals surface area contributed by atoms with Crippen LogP contribution >= 0.6 is 0 Å². The number of nitrogens with zero attached hydrogens (tertiary/aromatic N) is 4. The van der Waals surface area contributed by atoms with E-state index in [1.54, 1.807) is 24.1 Å². The maximum atomic E-state index is 14.4. The average Bonchev–Trinajstić information content (AvgIpc) is 3.60. The summed E-state index contributed by atoms with van der Waals surface area (Å²) in [6, 6.07) is 4.89. The van der Waals surface area contributed by atoms with Crippen LogP contribution in [0, 0.1) is 23.6 Å². The van der Waals surface area contributed by atoms with Crippen LogP contribution in [0.3, 0.4) is 0 Å². The third-order valence-corrected chi connectivity index (χ3v) is 7.74. The van der Waals surface area contributed by atoms with Crippen molar-refractivity contribution in [2.75, 3.05) is 44.8 Å². The Morgan fingerprint density at radius 1 is 1.14 bits per heavy atom. The number of aromatic nitrogens is 2. The van der Waals surface area contributed by atoms with Crippen LogP contribution in [0.1, 0.15) is 43.2 Å². The molecule has 3 heterocycles. The monoisotopic (exact) mass is 482 g/mol. The van der Waals surface area contributed by atoms with E-state index in [1.165, 1.54) is 25.3 Å². The Morgan fingerprint density at radius 2 is 1.91 bits per heavy atom. The lowest BCUT2D eigenvalue weighted by Crippen LogP contribution is -2.42. The second kappa shape index (κ2) is 10.9. The summed E-state index contributed by atoms with van der Waals surface area (Å²) < 4.78 is 25.4. The number of carbonyl (C=O) groups excluding carboxylic acids is 1. The predicted molar refractivity (Wildman–Crippen MR) is 131 cm³/mol. The van der Waals surface area contributed by atoms with E-state index in [4.69, 9.17) is 9.47 Å². The SMILES string of the molecule is COCc1cnc(N2CCC([C@@H]3C[C@@H]3CCOc3ccc(CC(=O)N4CCC4)c(F)c3)CC2)nc1. The molecule has 0 bridgehead atoms. The first-order valence-electron chi connectivity index (χ1n) is 12.8. The molecule has 1 amide bonds. The van der Waals surface area contributed by atoms with E-state index in [0.717, 1.165) is 62.4 Å². The van der Waals surface area contributed by atoms with Crippen LogP contribution in [0.4, 0.5) is 10.3 Å². The number of halogens is 1. The fraction of sp³-hybridized carbons (Fsp3) is 0.593. The Morgan fingerprint density at radius 3 is 2.57 bits per heavy atom. The molecule has 2 aliphatic heterocycles. The van der Waals surface area contributed by atoms with Crippen molar-refractivity contribution in [3.63, 3.8) is 0 Å². The molecule has 0 N–H and O–H groups in total. The summed E-state index contributed by atoms with van der Waals surface area (Å²) in [5.74, 6) is 3.24. The highest BCUT2D eigenvalue weighted by atomic mass is 19.1. The van der Waals surface area contributed by atoms with Crippen LogP contribution in [-0.4, -0.2) is 60.7 Å². The molecule has 2 aromatic rings. The predicted octanol–water partition coefficient (Wildman–Crippen LogP) is 3.86. The summed E-state index contributed by atoms with van der Waals surface area (Å²) in [7, 11) is 1.67. The van der Waals surface area contributed by atoms with Crippen molar-refractivity contribution >= 4 is 11.9 Å². The van der Waals surface area contributed by atoms with Gasteiger partial charge in [0.1, 0.15) is 11.6 Å². The standard InChI is InChI=1S/C27H35FN4O3/c1-34-18-19-16-29-27(30-17-19)32-10-5-20(6-11-32)24-13-21(24)7-12-35-23-4-3-22(25(28)15-23)14-26(33)31-8-2-9-31/h3-4,15-17,20-21,24H,2,5-14,18H2,1H3/t21-,24-/m0/s1. The first kappa shape index (κ1) is 24.0. The highest BCUT2D eigenvalue weighted by molar-refractivity contribution is 5.79. The molecule has 2 saturated heterocycles. The van der Waals surface area contributed by atoms with Crippen molar-refractivity contribution in [2.45, 2.75) is 45.1 Å². The lowest BCUT2D eigenvalue weighted by atomic mass is 9.90. The van der Waals surface area contributed by atoms with Gasteiger partial charge in [-0.15, -0.1) is 0 Å². The molecule has 1 aliphatic carbocycles. The van der Waals surface area contributed by atoms with Gasteiger partial charge in [0.25, 0.3) is 0 Å². The molecule has 3 aliphatic rings. The van der Waals surface area contributed by atoms with Crippen LogP contribution in [0.15, 0.2) is 30.6 Å². The molecule has 188 valence electrons. The van der Waals surface area contributed by atoms with Crippen molar-refractivity contribution in [3.05, 3.63) is 47.5 Å². The zero-order chi connectivity index (χ0) is 24.2. The number of ether oxygens (including phenoxy) is 2. The Hall–Kier alpha value is -2.74. The van der Waals surface area contributed by atoms with E-state index in [2.05, 4.69) is 14.9 Å². The van der Waals surface area contributed by atoms with Gasteiger partial charge in [0.15, 0.2) is 0 Å². The van der Waals surface area contributed by atoms with Gasteiger partial charge >= 0.3 is 0 Å². The molecule has 0 unspecified atom stereocenters. The maximum Gasteiger partial charge on any atom is 0.227 e. The lowest BCUT2D eigenvalue weighted by Gasteiger charge is -2.32. The minimum atomic E-state index is -0.357. The van der Waals surface area contributed by atoms with Gasteiger partial charge in [-0.3, -0.25) is 4.79 Å². The number of hydrogen-bond acceptors (Lipinski definition) is 6. The number of anilines is 1. The number of carbonyl (C=O) groups is 1. The third-order valence-electron chi connectivity index (χ3n) is 7.74. The summed E-state index contributed by atoms with van der Waals surface area (Å²) in [4.78, 5) is 25.1. The van der Waals surface area contributed by atoms with Gasteiger partial charge in [0.2, 0.25) is 11.9 Å². The summed E-state index contributed by atoms with van der Waals surface area (Å²) in [6.07, 6.45) is 9.49. The highest BCUT2D eigenvalue weighted by Gasteiger charge is 2.43. The minimum Gasteiger partial charge on any atom is -0.493 e. The smallest absolute Gasteiger partial charge is 0.227 e. The van der Waals surface area contributed by atoms with Gasteiger partial charge in [-0.2, -0.15) is 0 Å². The van der Waals surface area contributed by atoms with E-state index >= 15 is 0 Å². The third kappa shape index (κ3) is 5.92. The number of piperidine rings is 1. The van der Waals surface area contributed by atoms with Crippen LogP contribution in [-0.2, 0) is 22.6 Å². The molecule has 8 heteroatoms. The molecule has 2 atom stereocenters. The number of benzene rings is 1. The molecule has 1 aromatic heterocycles. The van der Waals surface area contributed by atoms with Gasteiger partial charge in [0.05, 0.1) is 19.6 Å². The van der Waals surface area contributed by atoms with E-state index in [0.29, 0.717) is 30.4 Å². The Balaban J connectivity index is 1.01. The van der Waals surface area contributed by atoms with E-state index in [-0.39, 0.29) is 18.1 Å². The van der Waals surface area contributed by atoms with Gasteiger partial charge in [-0.05, 0) is 61.5 Å². The summed E-state index contributed by atoms with van der Waals surface area (Å²) in [5, 5.41) is 0. The molecule has 0 radical (unpaired) electrons. The lowest BCUT2D eigenvalue weighted by molar-refractivity contribution is -0.133. The molecule has 1 saturated carbocycles. The van der Waals surface area contributed by atoms with Gasteiger partial charge in [-0.1, -0.05) is 6.07 Å². The molecule has 7 nitrogen and oxygen atoms in total. The molecule has 0 spiro atoms. The number of hydrogen-bond donors (Lipinski definition) is 0. The Bertz CT molecular complexity index is 1010. The minimum absolute atomic E-state index is 0.00179. The number of methoxy groups -OCH3 is 1. The first-order chi connectivity index (χ1) is 17.1. The van der Waals surface area contributed by atoms with Crippen molar-refractivity contribution in [1.82, 2.24) is 14.9 Å². The molecule has 1 aromatic carbocycles. The molecule has 5 rings (SSSR count). The summed E-state index contributed by atoms with van der Waals surface area (Å²) in [6.45, 7) is 4.73. The Labute approximate surface area is 206 Å². The molecule has 35 heavy (non-hydrogen) atoms. The largest absolute Gasteiger partial charge is 0.493 e. The zero-order valence-electron chi connectivity index (χ0n) is 20.5. The molecular weight excluding hydrogens is 447 g/mol. The van der Waals surface area contributed by atoms with Crippen LogP contribution in [0.2, 0.25) is 0 Å². The molecular formula is C27H35FN4O3. The van der Waals surface area contributed by atoms with Gasteiger partial charge in [0, 0.05) is 57.3 Å². The molecule has 3 fully saturated rings. The number of rotatable bonds is 10. The second-order valence-corrected chi connectivity index (χ2v) is 10.1. The Kier molecular flexibility index (Phi) is 7.46. The topological polar surface area (TPSA) is 67.8 Å². The van der Waals surface area contributed by atoms with Crippen LogP contribution in [0.25, 0.3) is 0 Å². The zero-order valence-corrected chi connectivity index (χ0v) is 20.5. The first-order valence-corrected chi connectivity index (χ1v) is 12.8. The quantitative estimate of drug-likeness (QED) is 0.512. The highest BCUT2D eigenvalue weighted by Crippen LogP contribution is 2.49. The normalized spacial score (nSPS) is 22.1. The van der Waals surface area contributed by atoms with E-state index < -0.39 is 0 Å². The average molecular weight is 483 g/mol. The summed E-state index contributed by atoms with van der Waals surface area (Å²) in [5.41, 5.74) is 1.43. The van der Waals surface area contributed by atoms with Crippen molar-refractivity contribution in [1.29, 1.82) is 0 Å². The van der Waals surface area contributed by atoms with Gasteiger partial charge in [-0.25, -0.2) is 14.4 Å². The fourth-order valence-electron chi connectivity index (χ4n) is 5.39. The number of amides is 1. The van der Waals surface area contributed by atoms with Crippen LogP contribution in [0.5, 0.6) is 5.75 Å². The van der Waals surface area contributed by atoms with E-state index in [1.807, 2.05) is 12.4 Å². The number of likely N-dealkylation sites (tertiary alicyclic amines) is 1. The van der Waals surface area contributed by atoms with Gasteiger partial charge < -0.3 is 19.3 Å². The van der Waals surface area contributed by atoms with E-state index in [9.17, 15) is 9.18 Å². The van der Waals surface area contributed by atoms with Crippen molar-refractivity contribution in [3.8, 4) is 5.75 Å². The van der Waals surface area contributed by atoms with Crippen molar-refractivity contribution in [2.24, 2.45) is 17.8 Å². The van der Waals surface area contributed by atoms with Crippen molar-refractivity contribution < 1.29 is 18.7 Å². The fourth-order valence-corrected chi connectivity index (χ4v) is 5.39. The maximum absolute atomic E-state index is 14.4. The second-order valence-electron chi connectivity index (χ2n) is 10.1.